The zero-order valence-electron chi connectivity index (χ0n) is 11.0. The van der Waals surface area contributed by atoms with Gasteiger partial charge in [0.15, 0.2) is 5.69 Å². The second-order valence-electron chi connectivity index (χ2n) is 5.39. The van der Waals surface area contributed by atoms with Gasteiger partial charge >= 0.3 is 0 Å². The fraction of sp³-hybridized carbons (Fsp3) is 0.286. The van der Waals surface area contributed by atoms with Crippen LogP contribution in [-0.4, -0.2) is 45.9 Å². The number of hydrogen-bond acceptors (Lipinski definition) is 4. The predicted octanol–water partition coefficient (Wildman–Crippen LogP) is -0.0925. The number of aromatic nitrogens is 2. The summed E-state index contributed by atoms with van der Waals surface area (Å²) < 4.78 is 0. The molecule has 2 aliphatic heterocycles. The number of nitrogens with zero attached hydrogens (tertiary/aromatic N) is 2. The number of imide groups is 1. The van der Waals surface area contributed by atoms with Crippen molar-refractivity contribution in [3.63, 3.8) is 0 Å². The Morgan fingerprint density at radius 3 is 2.52 bits per heavy atom. The van der Waals surface area contributed by atoms with Crippen LogP contribution in [0.2, 0.25) is 0 Å². The lowest BCUT2D eigenvalue weighted by atomic mass is 10.00. The molecule has 4 rings (SSSR count). The highest BCUT2D eigenvalue weighted by atomic mass is 16.2. The van der Waals surface area contributed by atoms with Gasteiger partial charge in [-0.2, -0.15) is 5.10 Å². The van der Waals surface area contributed by atoms with Crippen molar-refractivity contribution in [2.75, 3.05) is 13.1 Å². The standard InChI is InChI=1S/C14H12N4O3/c19-12-8-5-18(6-9(8)13(20)15-12)14(21)11-7-3-1-2-4-10(7)16-17-11/h1-4,8-9H,5-6H2,(H,16,17)(H,15,19,20)/t8-,9+. The summed E-state index contributed by atoms with van der Waals surface area (Å²) in [4.78, 5) is 37.4. The smallest absolute Gasteiger partial charge is 0.275 e. The molecule has 0 spiro atoms. The number of carbonyl (C=O) groups excluding carboxylic acids is 3. The van der Waals surface area contributed by atoms with Gasteiger partial charge in [-0.1, -0.05) is 18.2 Å². The number of carbonyl (C=O) groups is 3. The van der Waals surface area contributed by atoms with Crippen LogP contribution in [0.1, 0.15) is 10.5 Å². The normalized spacial score (nSPS) is 24.5. The summed E-state index contributed by atoms with van der Waals surface area (Å²) in [6.07, 6.45) is 0. The third-order valence-electron chi connectivity index (χ3n) is 4.20. The average molecular weight is 284 g/mol. The molecule has 2 aliphatic rings. The van der Waals surface area contributed by atoms with Crippen LogP contribution in [0.3, 0.4) is 0 Å². The first-order valence-electron chi connectivity index (χ1n) is 6.72. The maximum Gasteiger partial charge on any atom is 0.275 e. The van der Waals surface area contributed by atoms with Crippen LogP contribution in [0.15, 0.2) is 24.3 Å². The molecule has 0 saturated carbocycles. The average Bonchev–Trinajstić information content (AvgIpc) is 3.15. The van der Waals surface area contributed by atoms with Crippen LogP contribution >= 0.6 is 0 Å². The number of hydrogen-bond donors (Lipinski definition) is 2. The molecule has 0 radical (unpaired) electrons. The lowest BCUT2D eigenvalue weighted by Gasteiger charge is -2.15. The zero-order chi connectivity index (χ0) is 14.6. The Morgan fingerprint density at radius 2 is 1.81 bits per heavy atom. The number of H-pyrrole nitrogens is 1. The molecule has 3 heterocycles. The van der Waals surface area contributed by atoms with Crippen molar-refractivity contribution in [3.05, 3.63) is 30.0 Å². The molecule has 1 aromatic heterocycles. The van der Waals surface area contributed by atoms with Gasteiger partial charge in [-0.05, 0) is 6.07 Å². The Balaban J connectivity index is 1.65. The minimum Gasteiger partial charge on any atom is -0.336 e. The van der Waals surface area contributed by atoms with E-state index in [0.29, 0.717) is 5.69 Å². The number of benzene rings is 1. The SMILES string of the molecule is O=C1NC(=O)[C@@H]2CN(C(=O)c3n[nH]c4ccccc34)C[C@H]12. The van der Waals surface area contributed by atoms with Gasteiger partial charge in [-0.25, -0.2) is 0 Å². The van der Waals surface area contributed by atoms with E-state index >= 15 is 0 Å². The highest BCUT2D eigenvalue weighted by Crippen LogP contribution is 2.30. The second-order valence-corrected chi connectivity index (χ2v) is 5.39. The molecule has 2 saturated heterocycles. The van der Waals surface area contributed by atoms with Gasteiger partial charge in [-0.15, -0.1) is 0 Å². The molecular formula is C14H12N4O3. The predicted molar refractivity (Wildman–Crippen MR) is 72.1 cm³/mol. The minimum atomic E-state index is -0.424. The van der Waals surface area contributed by atoms with Crippen molar-refractivity contribution in [1.29, 1.82) is 0 Å². The number of fused-ring (bicyclic) bond motifs is 2. The van der Waals surface area contributed by atoms with Crippen molar-refractivity contribution in [2.24, 2.45) is 11.8 Å². The van der Waals surface area contributed by atoms with Crippen molar-refractivity contribution < 1.29 is 14.4 Å². The van der Waals surface area contributed by atoms with Gasteiger partial charge in [0.1, 0.15) is 0 Å². The van der Waals surface area contributed by atoms with Gasteiger partial charge in [0.2, 0.25) is 11.8 Å². The first kappa shape index (κ1) is 12.1. The third kappa shape index (κ3) is 1.67. The molecule has 2 atom stereocenters. The first-order valence-corrected chi connectivity index (χ1v) is 6.72. The van der Waals surface area contributed by atoms with Crippen molar-refractivity contribution in [3.8, 4) is 0 Å². The lowest BCUT2D eigenvalue weighted by Crippen LogP contribution is -2.35. The van der Waals surface area contributed by atoms with E-state index in [1.807, 2.05) is 24.3 Å². The fourth-order valence-corrected chi connectivity index (χ4v) is 3.08. The lowest BCUT2D eigenvalue weighted by molar-refractivity contribution is -0.126. The van der Waals surface area contributed by atoms with Gasteiger partial charge in [0.05, 0.1) is 17.4 Å². The molecule has 3 amide bonds. The summed E-state index contributed by atoms with van der Waals surface area (Å²) in [5.41, 5.74) is 1.12. The van der Waals surface area contributed by atoms with Crippen molar-refractivity contribution >= 4 is 28.6 Å². The number of para-hydroxylation sites is 1. The van der Waals surface area contributed by atoms with Crippen molar-refractivity contribution in [1.82, 2.24) is 20.4 Å². The summed E-state index contributed by atoms with van der Waals surface area (Å²) in [5, 5.41) is 9.94. The Morgan fingerprint density at radius 1 is 1.14 bits per heavy atom. The summed E-state index contributed by atoms with van der Waals surface area (Å²) in [7, 11) is 0. The van der Waals surface area contributed by atoms with Gasteiger partial charge in [0, 0.05) is 18.5 Å². The summed E-state index contributed by atoms with van der Waals surface area (Å²) in [6, 6.07) is 7.36. The van der Waals surface area contributed by atoms with Crippen LogP contribution in [0, 0.1) is 11.8 Å². The topological polar surface area (TPSA) is 95.2 Å². The summed E-state index contributed by atoms with van der Waals surface area (Å²) in [6.45, 7) is 0.532. The highest BCUT2D eigenvalue weighted by molar-refractivity contribution is 6.08. The number of nitrogens with one attached hydrogen (secondary N) is 2. The van der Waals surface area contributed by atoms with Gasteiger partial charge < -0.3 is 4.90 Å². The van der Waals surface area contributed by atoms with E-state index in [1.165, 1.54) is 4.90 Å². The molecule has 2 fully saturated rings. The summed E-state index contributed by atoms with van der Waals surface area (Å²) >= 11 is 0. The minimum absolute atomic E-state index is 0.248. The molecule has 0 bridgehead atoms. The molecule has 2 N–H and O–H groups in total. The van der Waals surface area contributed by atoms with Crippen LogP contribution in [-0.2, 0) is 9.59 Å². The van der Waals surface area contributed by atoms with Crippen molar-refractivity contribution in [2.45, 2.75) is 0 Å². The molecule has 21 heavy (non-hydrogen) atoms. The maximum absolute atomic E-state index is 12.6. The van der Waals surface area contributed by atoms with Crippen LogP contribution in [0.4, 0.5) is 0 Å². The number of aromatic amines is 1. The van der Waals surface area contributed by atoms with E-state index in [2.05, 4.69) is 15.5 Å². The molecule has 7 heteroatoms. The van der Waals surface area contributed by atoms with E-state index in [1.54, 1.807) is 0 Å². The molecule has 2 aromatic rings. The molecule has 7 nitrogen and oxygen atoms in total. The maximum atomic E-state index is 12.6. The highest BCUT2D eigenvalue weighted by Gasteiger charge is 2.49. The number of likely N-dealkylation sites (tertiary alicyclic amines) is 1. The van der Waals surface area contributed by atoms with E-state index in [4.69, 9.17) is 0 Å². The quantitative estimate of drug-likeness (QED) is 0.715. The Labute approximate surface area is 119 Å². The Kier molecular flexibility index (Phi) is 2.38. The van der Waals surface area contributed by atoms with E-state index in [9.17, 15) is 14.4 Å². The molecule has 0 aliphatic carbocycles. The molecular weight excluding hydrogens is 272 g/mol. The number of amides is 3. The second kappa shape index (κ2) is 4.15. The van der Waals surface area contributed by atoms with Crippen LogP contribution in [0.25, 0.3) is 10.9 Å². The van der Waals surface area contributed by atoms with E-state index in [0.717, 1.165) is 10.9 Å². The van der Waals surface area contributed by atoms with Gasteiger partial charge in [0.25, 0.3) is 5.91 Å². The first-order chi connectivity index (χ1) is 10.1. The third-order valence-corrected chi connectivity index (χ3v) is 4.20. The Bertz CT molecular complexity index is 759. The Hall–Kier alpha value is -2.70. The van der Waals surface area contributed by atoms with Crippen LogP contribution < -0.4 is 5.32 Å². The fourth-order valence-electron chi connectivity index (χ4n) is 3.08. The zero-order valence-corrected chi connectivity index (χ0v) is 11.0. The molecule has 0 unspecified atom stereocenters. The molecule has 106 valence electrons. The summed E-state index contributed by atoms with van der Waals surface area (Å²) in [5.74, 6) is -1.67. The van der Waals surface area contributed by atoms with Gasteiger partial charge in [-0.3, -0.25) is 24.8 Å². The number of rotatable bonds is 1. The van der Waals surface area contributed by atoms with E-state index in [-0.39, 0.29) is 30.8 Å². The van der Waals surface area contributed by atoms with Crippen LogP contribution in [0.5, 0.6) is 0 Å². The molecule has 1 aromatic carbocycles. The monoisotopic (exact) mass is 284 g/mol. The van der Waals surface area contributed by atoms with E-state index < -0.39 is 11.8 Å². The largest absolute Gasteiger partial charge is 0.336 e.